The van der Waals surface area contributed by atoms with E-state index < -0.39 is 29.6 Å². The molecule has 3 amide bonds. The van der Waals surface area contributed by atoms with Crippen molar-refractivity contribution in [3.05, 3.63) is 75.8 Å². The number of carbonyl (C=O) groups is 3. The summed E-state index contributed by atoms with van der Waals surface area (Å²) in [5.41, 5.74) is 1.12. The SMILES string of the molecule is Cc1ccc(NC(=O)[C@@H]2[C@@H]3C=C[C@]4(O3)[C@@H]2C(=O)N(CCc2ccccc2Cl)[C@H]4C(=O)N[C@@H]2CCC[C@@H](C)[C@@H]2C)cc1Cl. The third-order valence-corrected chi connectivity index (χ3v) is 10.8. The van der Waals surface area contributed by atoms with E-state index in [1.165, 1.54) is 0 Å². The van der Waals surface area contributed by atoms with Gasteiger partial charge in [-0.2, -0.15) is 0 Å². The number of hydrogen-bond acceptors (Lipinski definition) is 4. The average molecular weight is 611 g/mol. The quantitative estimate of drug-likeness (QED) is 0.401. The largest absolute Gasteiger partial charge is 0.359 e. The number of fused-ring (bicyclic) bond motifs is 1. The van der Waals surface area contributed by atoms with E-state index in [0.717, 1.165) is 30.4 Å². The van der Waals surface area contributed by atoms with Crippen LogP contribution in [-0.4, -0.2) is 53.0 Å². The lowest BCUT2D eigenvalue weighted by atomic mass is 9.73. The number of ether oxygens (including phenoxy) is 1. The number of hydrogen-bond donors (Lipinski definition) is 2. The molecule has 0 unspecified atom stereocenters. The number of nitrogens with one attached hydrogen (secondary N) is 2. The summed E-state index contributed by atoms with van der Waals surface area (Å²) in [6.45, 7) is 6.57. The van der Waals surface area contributed by atoms with E-state index in [9.17, 15) is 14.4 Å². The normalized spacial score (nSPS) is 33.1. The summed E-state index contributed by atoms with van der Waals surface area (Å²) in [4.78, 5) is 43.8. The summed E-state index contributed by atoms with van der Waals surface area (Å²) in [7, 11) is 0. The Bertz CT molecular complexity index is 1450. The monoisotopic (exact) mass is 609 g/mol. The zero-order valence-corrected chi connectivity index (χ0v) is 25.6. The highest BCUT2D eigenvalue weighted by molar-refractivity contribution is 6.31. The number of anilines is 1. The molecule has 42 heavy (non-hydrogen) atoms. The van der Waals surface area contributed by atoms with Crippen molar-refractivity contribution in [1.82, 2.24) is 10.2 Å². The molecule has 4 aliphatic rings. The van der Waals surface area contributed by atoms with E-state index in [2.05, 4.69) is 24.5 Å². The maximum atomic E-state index is 14.3. The maximum absolute atomic E-state index is 14.3. The van der Waals surface area contributed by atoms with E-state index >= 15 is 0 Å². The van der Waals surface area contributed by atoms with Crippen molar-refractivity contribution in [2.24, 2.45) is 23.7 Å². The van der Waals surface area contributed by atoms with E-state index in [1.54, 1.807) is 17.0 Å². The van der Waals surface area contributed by atoms with Gasteiger partial charge in [0, 0.05) is 28.3 Å². The Labute approximate surface area is 257 Å². The summed E-state index contributed by atoms with van der Waals surface area (Å²) in [5.74, 6) is -1.59. The van der Waals surface area contributed by atoms with E-state index in [0.29, 0.717) is 34.0 Å². The molecule has 7 nitrogen and oxygen atoms in total. The molecule has 2 aromatic carbocycles. The molecule has 3 heterocycles. The Balaban J connectivity index is 1.31. The summed E-state index contributed by atoms with van der Waals surface area (Å²) in [5, 5.41) is 7.39. The number of aryl methyl sites for hydroxylation is 1. The summed E-state index contributed by atoms with van der Waals surface area (Å²) in [6, 6.07) is 11.9. The van der Waals surface area contributed by atoms with Gasteiger partial charge >= 0.3 is 0 Å². The molecule has 1 saturated carbocycles. The molecule has 9 heteroatoms. The fraction of sp³-hybridized carbons (Fsp3) is 0.485. The van der Waals surface area contributed by atoms with Gasteiger partial charge in [-0.05, 0) is 60.9 Å². The van der Waals surface area contributed by atoms with Gasteiger partial charge < -0.3 is 20.3 Å². The van der Waals surface area contributed by atoms with Gasteiger partial charge in [-0.1, -0.05) is 86.3 Å². The number of halogens is 2. The molecule has 1 aliphatic carbocycles. The predicted molar refractivity (Wildman–Crippen MR) is 163 cm³/mol. The second-order valence-electron chi connectivity index (χ2n) is 12.4. The van der Waals surface area contributed by atoms with Crippen LogP contribution >= 0.6 is 23.2 Å². The van der Waals surface area contributed by atoms with Crippen molar-refractivity contribution in [3.8, 4) is 0 Å². The molecule has 2 aromatic rings. The Hall–Kier alpha value is -2.87. The zero-order chi connectivity index (χ0) is 29.8. The van der Waals surface area contributed by atoms with Crippen LogP contribution < -0.4 is 10.6 Å². The lowest BCUT2D eigenvalue weighted by Crippen LogP contribution is -2.58. The highest BCUT2D eigenvalue weighted by Gasteiger charge is 2.72. The first-order valence-electron chi connectivity index (χ1n) is 14.9. The van der Waals surface area contributed by atoms with Crippen molar-refractivity contribution >= 4 is 46.6 Å². The van der Waals surface area contributed by atoms with Crippen LogP contribution in [0.5, 0.6) is 0 Å². The van der Waals surface area contributed by atoms with E-state index in [4.69, 9.17) is 27.9 Å². The van der Waals surface area contributed by atoms with Crippen LogP contribution in [0, 0.1) is 30.6 Å². The Morgan fingerprint density at radius 1 is 1.07 bits per heavy atom. The van der Waals surface area contributed by atoms with Gasteiger partial charge in [0.15, 0.2) is 0 Å². The topological polar surface area (TPSA) is 87.7 Å². The fourth-order valence-electron chi connectivity index (χ4n) is 7.39. The number of nitrogens with zero attached hydrogens (tertiary/aromatic N) is 1. The number of amides is 3. The summed E-state index contributed by atoms with van der Waals surface area (Å²) >= 11 is 12.7. The molecule has 3 fully saturated rings. The number of likely N-dealkylation sites (tertiary alicyclic amines) is 1. The highest BCUT2D eigenvalue weighted by Crippen LogP contribution is 2.55. The van der Waals surface area contributed by atoms with Gasteiger partial charge in [-0.3, -0.25) is 14.4 Å². The minimum atomic E-state index is -1.22. The Kier molecular flexibility index (Phi) is 7.88. The van der Waals surface area contributed by atoms with Crippen molar-refractivity contribution in [3.63, 3.8) is 0 Å². The van der Waals surface area contributed by atoms with Crippen LogP contribution in [-0.2, 0) is 25.5 Å². The molecule has 1 spiro atoms. The van der Waals surface area contributed by atoms with Crippen molar-refractivity contribution < 1.29 is 19.1 Å². The molecular weight excluding hydrogens is 573 g/mol. The Morgan fingerprint density at radius 2 is 1.86 bits per heavy atom. The first-order valence-corrected chi connectivity index (χ1v) is 15.6. The maximum Gasteiger partial charge on any atom is 0.246 e. The van der Waals surface area contributed by atoms with Gasteiger partial charge in [0.05, 0.1) is 17.9 Å². The smallest absolute Gasteiger partial charge is 0.246 e. The highest BCUT2D eigenvalue weighted by atomic mass is 35.5. The van der Waals surface area contributed by atoms with Crippen LogP contribution in [0.1, 0.15) is 44.2 Å². The van der Waals surface area contributed by atoms with Gasteiger partial charge in [-0.25, -0.2) is 0 Å². The van der Waals surface area contributed by atoms with Gasteiger partial charge in [0.2, 0.25) is 17.7 Å². The van der Waals surface area contributed by atoms with E-state index in [-0.39, 0.29) is 30.3 Å². The second-order valence-corrected chi connectivity index (χ2v) is 13.2. The first-order chi connectivity index (χ1) is 20.1. The van der Waals surface area contributed by atoms with Crippen LogP contribution in [0.2, 0.25) is 10.0 Å². The summed E-state index contributed by atoms with van der Waals surface area (Å²) in [6.07, 6.45) is 6.64. The van der Waals surface area contributed by atoms with Crippen LogP contribution in [0.3, 0.4) is 0 Å². The average Bonchev–Trinajstić information content (AvgIpc) is 3.60. The molecule has 222 valence electrons. The minimum absolute atomic E-state index is 0.0187. The lowest BCUT2D eigenvalue weighted by molar-refractivity contribution is -0.141. The zero-order valence-electron chi connectivity index (χ0n) is 24.1. The molecule has 0 aromatic heterocycles. The van der Waals surface area contributed by atoms with Crippen molar-refractivity contribution in [1.29, 1.82) is 0 Å². The van der Waals surface area contributed by atoms with E-state index in [1.807, 2.05) is 49.4 Å². The molecular formula is C33H37Cl2N3O4. The third-order valence-electron chi connectivity index (χ3n) is 9.98. The molecule has 8 atom stereocenters. The lowest BCUT2D eigenvalue weighted by Gasteiger charge is -2.38. The number of carbonyl (C=O) groups excluding carboxylic acids is 3. The van der Waals surface area contributed by atoms with Gasteiger partial charge in [-0.15, -0.1) is 0 Å². The van der Waals surface area contributed by atoms with Crippen LogP contribution in [0.4, 0.5) is 5.69 Å². The van der Waals surface area contributed by atoms with Crippen molar-refractivity contribution in [2.45, 2.75) is 70.2 Å². The third kappa shape index (κ3) is 4.93. The van der Waals surface area contributed by atoms with Gasteiger partial charge in [0.25, 0.3) is 0 Å². The first kappa shape index (κ1) is 29.2. The molecule has 2 saturated heterocycles. The summed E-state index contributed by atoms with van der Waals surface area (Å²) < 4.78 is 6.50. The number of rotatable bonds is 7. The van der Waals surface area contributed by atoms with Gasteiger partial charge in [0.1, 0.15) is 11.6 Å². The second kappa shape index (κ2) is 11.3. The molecule has 2 bridgehead atoms. The molecule has 0 radical (unpaired) electrons. The predicted octanol–water partition coefficient (Wildman–Crippen LogP) is 5.57. The molecule has 6 rings (SSSR count). The van der Waals surface area contributed by atoms with Crippen LogP contribution in [0.15, 0.2) is 54.6 Å². The standard InChI is InChI=1S/C33H37Cl2N3O4/c1-18-7-6-10-25(20(18)3)37-31(40)29-33-15-13-26(42-33)27(30(39)36-22-12-11-19(2)24(35)17-22)28(33)32(41)38(29)16-14-21-8-4-5-9-23(21)34/h4-5,8-9,11-13,15,17-18,20,25-29H,6-7,10,14,16H2,1-3H3,(H,36,39)(H,37,40)/t18-,20+,25-,26+,27-,28+,29+,33+/m1/s1. The van der Waals surface area contributed by atoms with Crippen LogP contribution in [0.25, 0.3) is 0 Å². The molecule has 3 aliphatic heterocycles. The van der Waals surface area contributed by atoms with Crippen molar-refractivity contribution in [2.75, 3.05) is 11.9 Å². The fourth-order valence-corrected chi connectivity index (χ4v) is 7.80. The molecule has 2 N–H and O–H groups in total. The number of benzene rings is 2. The Morgan fingerprint density at radius 3 is 2.62 bits per heavy atom. The minimum Gasteiger partial charge on any atom is -0.359 e.